The van der Waals surface area contributed by atoms with E-state index < -0.39 is 0 Å². The van der Waals surface area contributed by atoms with Crippen molar-refractivity contribution in [2.24, 2.45) is 5.92 Å². The van der Waals surface area contributed by atoms with E-state index in [2.05, 4.69) is 5.32 Å². The Morgan fingerprint density at radius 1 is 1.28 bits per heavy atom. The number of likely N-dealkylation sites (tertiary alicyclic amines) is 1. The number of hydrogen-bond acceptors (Lipinski definition) is 4. The smallest absolute Gasteiger partial charge is 0.253 e. The van der Waals surface area contributed by atoms with Crippen LogP contribution in [0, 0.1) is 5.92 Å². The first-order valence-corrected chi connectivity index (χ1v) is 10.3. The number of rotatable bonds is 8. The van der Waals surface area contributed by atoms with Gasteiger partial charge < -0.3 is 19.9 Å². The quantitative estimate of drug-likeness (QED) is 0.625. The summed E-state index contributed by atoms with van der Waals surface area (Å²) in [5, 5.41) is 3.47. The van der Waals surface area contributed by atoms with Gasteiger partial charge in [0.05, 0.1) is 22.5 Å². The van der Waals surface area contributed by atoms with E-state index in [1.165, 1.54) is 11.0 Å². The molecule has 1 aliphatic heterocycles. The fourth-order valence-electron chi connectivity index (χ4n) is 3.28. The predicted molar refractivity (Wildman–Crippen MR) is 112 cm³/mol. The lowest BCUT2D eigenvalue weighted by Gasteiger charge is -2.34. The number of carbonyl (C=O) groups is 3. The molecular formula is C20H27Cl2N3O4. The highest BCUT2D eigenvalue weighted by Crippen LogP contribution is 2.25. The molecular weight excluding hydrogens is 417 g/mol. The number of likely N-dealkylation sites (N-methyl/N-ethyl adjacent to an activating group) is 1. The Labute approximate surface area is 181 Å². The third kappa shape index (κ3) is 6.87. The molecule has 0 saturated carbocycles. The number of piperidine rings is 1. The van der Waals surface area contributed by atoms with Gasteiger partial charge in [-0.15, -0.1) is 0 Å². The number of ether oxygens (including phenoxy) is 1. The van der Waals surface area contributed by atoms with Gasteiger partial charge >= 0.3 is 0 Å². The molecule has 1 unspecified atom stereocenters. The second-order valence-electron chi connectivity index (χ2n) is 7.11. The summed E-state index contributed by atoms with van der Waals surface area (Å²) in [5.41, 5.74) is 0.441. The first-order valence-electron chi connectivity index (χ1n) is 9.58. The summed E-state index contributed by atoms with van der Waals surface area (Å²) < 4.78 is 4.93. The molecule has 1 N–H and O–H groups in total. The van der Waals surface area contributed by atoms with Crippen LogP contribution in [-0.2, 0) is 14.3 Å². The van der Waals surface area contributed by atoms with Crippen molar-refractivity contribution in [1.82, 2.24) is 15.1 Å². The normalized spacial score (nSPS) is 16.4. The first-order chi connectivity index (χ1) is 13.8. The van der Waals surface area contributed by atoms with Crippen molar-refractivity contribution in [2.75, 3.05) is 46.9 Å². The number of amides is 3. The Bertz CT molecular complexity index is 744. The van der Waals surface area contributed by atoms with E-state index in [-0.39, 0.29) is 30.2 Å². The van der Waals surface area contributed by atoms with Crippen molar-refractivity contribution < 1.29 is 19.1 Å². The molecule has 160 valence electrons. The molecule has 2 rings (SSSR count). The second kappa shape index (κ2) is 11.4. The molecule has 29 heavy (non-hydrogen) atoms. The van der Waals surface area contributed by atoms with Gasteiger partial charge in [0.25, 0.3) is 5.91 Å². The van der Waals surface area contributed by atoms with Gasteiger partial charge in [0.15, 0.2) is 0 Å². The molecule has 0 aromatic heterocycles. The summed E-state index contributed by atoms with van der Waals surface area (Å²) >= 11 is 11.9. The predicted octanol–water partition coefficient (Wildman–Crippen LogP) is 2.46. The Balaban J connectivity index is 1.90. The molecule has 0 aliphatic carbocycles. The van der Waals surface area contributed by atoms with E-state index in [1.807, 2.05) is 0 Å². The summed E-state index contributed by atoms with van der Waals surface area (Å²) in [6, 6.07) is 4.75. The molecule has 0 bridgehead atoms. The number of carbonyl (C=O) groups excluding carboxylic acids is 3. The zero-order valence-corrected chi connectivity index (χ0v) is 18.3. The van der Waals surface area contributed by atoms with Gasteiger partial charge in [0.1, 0.15) is 0 Å². The van der Waals surface area contributed by atoms with Crippen molar-refractivity contribution in [1.29, 1.82) is 0 Å². The van der Waals surface area contributed by atoms with E-state index in [1.54, 1.807) is 31.2 Å². The van der Waals surface area contributed by atoms with Crippen LogP contribution in [0.1, 0.15) is 29.6 Å². The maximum atomic E-state index is 12.8. The fraction of sp³-hybridized carbons (Fsp3) is 0.550. The molecule has 1 aromatic rings. The maximum absolute atomic E-state index is 12.8. The van der Waals surface area contributed by atoms with Crippen molar-refractivity contribution in [2.45, 2.75) is 19.3 Å². The molecule has 1 heterocycles. The molecule has 1 fully saturated rings. The fourth-order valence-corrected chi connectivity index (χ4v) is 3.58. The van der Waals surface area contributed by atoms with Crippen molar-refractivity contribution in [3.05, 3.63) is 33.8 Å². The van der Waals surface area contributed by atoms with Crippen LogP contribution in [0.15, 0.2) is 18.2 Å². The SMILES string of the molecule is COCCCNC(=O)CN(C)C(=O)C1CCCN(C(=O)c2ccc(Cl)c(Cl)c2)C1. The molecule has 1 aliphatic rings. The Morgan fingerprint density at radius 3 is 2.72 bits per heavy atom. The molecule has 7 nitrogen and oxygen atoms in total. The average molecular weight is 444 g/mol. The van der Waals surface area contributed by atoms with Gasteiger partial charge in [0, 0.05) is 46.0 Å². The highest BCUT2D eigenvalue weighted by Gasteiger charge is 2.31. The minimum atomic E-state index is -0.332. The lowest BCUT2D eigenvalue weighted by molar-refractivity contribution is -0.139. The minimum absolute atomic E-state index is 0.0109. The molecule has 9 heteroatoms. The van der Waals surface area contributed by atoms with E-state index in [0.717, 1.165) is 6.42 Å². The van der Waals surface area contributed by atoms with Gasteiger partial charge in [0.2, 0.25) is 11.8 Å². The van der Waals surface area contributed by atoms with Gasteiger partial charge in [-0.1, -0.05) is 23.2 Å². The van der Waals surface area contributed by atoms with E-state index in [9.17, 15) is 14.4 Å². The van der Waals surface area contributed by atoms with Gasteiger partial charge in [-0.2, -0.15) is 0 Å². The summed E-state index contributed by atoms with van der Waals surface area (Å²) in [7, 11) is 3.21. The largest absolute Gasteiger partial charge is 0.385 e. The highest BCUT2D eigenvalue weighted by molar-refractivity contribution is 6.42. The van der Waals surface area contributed by atoms with E-state index in [4.69, 9.17) is 27.9 Å². The lowest BCUT2D eigenvalue weighted by atomic mass is 9.96. The Kier molecular flexibility index (Phi) is 9.20. The monoisotopic (exact) mass is 443 g/mol. The molecule has 1 aromatic carbocycles. The van der Waals surface area contributed by atoms with Crippen LogP contribution in [-0.4, -0.2) is 74.5 Å². The third-order valence-corrected chi connectivity index (χ3v) is 5.57. The summed E-state index contributed by atoms with van der Waals surface area (Å²) in [4.78, 5) is 40.6. The van der Waals surface area contributed by atoms with E-state index >= 15 is 0 Å². The zero-order valence-electron chi connectivity index (χ0n) is 16.7. The minimum Gasteiger partial charge on any atom is -0.385 e. The summed E-state index contributed by atoms with van der Waals surface area (Å²) in [6.45, 7) is 1.96. The number of nitrogens with zero attached hydrogens (tertiary/aromatic N) is 2. The molecule has 3 amide bonds. The van der Waals surface area contributed by atoms with Gasteiger partial charge in [-0.05, 0) is 37.5 Å². The van der Waals surface area contributed by atoms with Crippen LogP contribution in [0.5, 0.6) is 0 Å². The number of benzene rings is 1. The summed E-state index contributed by atoms with van der Waals surface area (Å²) in [5.74, 6) is -0.860. The number of methoxy groups -OCH3 is 1. The second-order valence-corrected chi connectivity index (χ2v) is 7.92. The molecule has 1 atom stereocenters. The van der Waals surface area contributed by atoms with Gasteiger partial charge in [-0.25, -0.2) is 0 Å². The maximum Gasteiger partial charge on any atom is 0.253 e. The topological polar surface area (TPSA) is 79.0 Å². The number of nitrogens with one attached hydrogen (secondary N) is 1. The first kappa shape index (κ1) is 23.4. The van der Waals surface area contributed by atoms with Crippen LogP contribution in [0.4, 0.5) is 0 Å². The number of hydrogen-bond donors (Lipinski definition) is 1. The standard InChI is InChI=1S/C20H27Cl2N3O4/c1-24(13-18(26)23-8-4-10-29-2)19(27)15-5-3-9-25(12-15)20(28)14-6-7-16(21)17(22)11-14/h6-7,11,15H,3-5,8-10,12-13H2,1-2H3,(H,23,26). The van der Waals surface area contributed by atoms with Crippen LogP contribution in [0.3, 0.4) is 0 Å². The van der Waals surface area contributed by atoms with Gasteiger partial charge in [-0.3, -0.25) is 14.4 Å². The zero-order chi connectivity index (χ0) is 21.4. The van der Waals surface area contributed by atoms with Crippen molar-refractivity contribution in [3.8, 4) is 0 Å². The molecule has 0 spiro atoms. The van der Waals surface area contributed by atoms with Crippen LogP contribution in [0.2, 0.25) is 10.0 Å². The van der Waals surface area contributed by atoms with Crippen LogP contribution in [0.25, 0.3) is 0 Å². The Hall–Kier alpha value is -1.83. The van der Waals surface area contributed by atoms with Crippen molar-refractivity contribution >= 4 is 40.9 Å². The van der Waals surface area contributed by atoms with Crippen molar-refractivity contribution in [3.63, 3.8) is 0 Å². The number of halogens is 2. The Morgan fingerprint density at radius 2 is 2.03 bits per heavy atom. The van der Waals surface area contributed by atoms with E-state index in [0.29, 0.717) is 54.7 Å². The summed E-state index contributed by atoms with van der Waals surface area (Å²) in [6.07, 6.45) is 2.12. The highest BCUT2D eigenvalue weighted by atomic mass is 35.5. The third-order valence-electron chi connectivity index (χ3n) is 4.83. The average Bonchev–Trinajstić information content (AvgIpc) is 2.72. The lowest BCUT2D eigenvalue weighted by Crippen LogP contribution is -2.47. The molecule has 0 radical (unpaired) electrons. The molecule has 1 saturated heterocycles. The van der Waals surface area contributed by atoms with Crippen LogP contribution < -0.4 is 5.32 Å². The van der Waals surface area contributed by atoms with Crippen LogP contribution >= 0.6 is 23.2 Å².